The summed E-state index contributed by atoms with van der Waals surface area (Å²) in [7, 11) is 0. The molecular weight excluding hydrogens is 316 g/mol. The van der Waals surface area contributed by atoms with Gasteiger partial charge in [-0.3, -0.25) is 0 Å². The van der Waals surface area contributed by atoms with E-state index < -0.39 is 0 Å². The van der Waals surface area contributed by atoms with E-state index in [2.05, 4.69) is 34.0 Å². The number of hydrogen-bond donors (Lipinski definition) is 3. The lowest BCUT2D eigenvalue weighted by atomic mass is 10.1. The van der Waals surface area contributed by atoms with E-state index in [1.54, 1.807) is 0 Å². The van der Waals surface area contributed by atoms with Crippen LogP contribution in [0.3, 0.4) is 0 Å². The van der Waals surface area contributed by atoms with E-state index in [9.17, 15) is 9.90 Å². The molecule has 6 heteroatoms. The molecule has 0 radical (unpaired) electrons. The van der Waals surface area contributed by atoms with Gasteiger partial charge in [0.05, 0.1) is 6.61 Å². The van der Waals surface area contributed by atoms with Crippen molar-refractivity contribution in [2.24, 2.45) is 5.41 Å². The molecule has 1 aromatic heterocycles. The van der Waals surface area contributed by atoms with Crippen LogP contribution in [0.2, 0.25) is 0 Å². The number of aliphatic hydroxyl groups is 1. The number of amides is 2. The van der Waals surface area contributed by atoms with Crippen LogP contribution in [-0.4, -0.2) is 33.8 Å². The number of aliphatic hydroxyl groups excluding tert-OH is 1. The molecular formula is C19H26N4O2. The predicted molar refractivity (Wildman–Crippen MR) is 97.6 cm³/mol. The van der Waals surface area contributed by atoms with Crippen molar-refractivity contribution in [1.29, 1.82) is 0 Å². The molecule has 1 heterocycles. The number of urea groups is 1. The zero-order valence-electron chi connectivity index (χ0n) is 14.8. The fraction of sp³-hybridized carbons (Fsp3) is 0.474. The molecule has 1 aliphatic rings. The van der Waals surface area contributed by atoms with Crippen molar-refractivity contribution in [2.45, 2.75) is 39.2 Å². The third-order valence-electron chi connectivity index (χ3n) is 4.72. The minimum atomic E-state index is -0.234. The Bertz CT molecular complexity index is 735. The second-order valence-electron chi connectivity index (χ2n) is 7.23. The number of carbonyl (C=O) groups is 1. The summed E-state index contributed by atoms with van der Waals surface area (Å²) in [6, 6.07) is 7.59. The zero-order chi connectivity index (χ0) is 17.9. The number of imidazole rings is 1. The lowest BCUT2D eigenvalue weighted by molar-refractivity contribution is 0.206. The van der Waals surface area contributed by atoms with E-state index in [0.29, 0.717) is 12.5 Å². The maximum Gasteiger partial charge on any atom is 0.319 e. The number of carbonyl (C=O) groups excluding carboxylic acids is 1. The molecule has 0 unspecified atom stereocenters. The summed E-state index contributed by atoms with van der Waals surface area (Å²) in [5, 5.41) is 15.0. The molecule has 134 valence electrons. The SMILES string of the molecule is CC(C)c1nccn1Cc1cccc(NC(=O)NCC2(CO)CC2)c1. The first-order chi connectivity index (χ1) is 12.0. The topological polar surface area (TPSA) is 79.2 Å². The number of aromatic nitrogens is 2. The van der Waals surface area contributed by atoms with E-state index >= 15 is 0 Å². The van der Waals surface area contributed by atoms with Gasteiger partial charge in [-0.15, -0.1) is 0 Å². The number of nitrogens with zero attached hydrogens (tertiary/aromatic N) is 2. The molecule has 0 bridgehead atoms. The first kappa shape index (κ1) is 17.5. The molecule has 2 amide bonds. The van der Waals surface area contributed by atoms with Gasteiger partial charge in [-0.25, -0.2) is 9.78 Å². The molecule has 0 saturated heterocycles. The van der Waals surface area contributed by atoms with Crippen LogP contribution >= 0.6 is 0 Å². The maximum absolute atomic E-state index is 12.1. The van der Waals surface area contributed by atoms with Crippen molar-refractivity contribution in [3.05, 3.63) is 48.0 Å². The molecule has 2 aromatic rings. The number of nitrogens with one attached hydrogen (secondary N) is 2. The summed E-state index contributed by atoms with van der Waals surface area (Å²) in [5.74, 6) is 1.41. The van der Waals surface area contributed by atoms with Gasteiger partial charge in [-0.05, 0) is 30.5 Å². The van der Waals surface area contributed by atoms with Gasteiger partial charge in [0.2, 0.25) is 0 Å². The maximum atomic E-state index is 12.1. The van der Waals surface area contributed by atoms with Crippen LogP contribution < -0.4 is 10.6 Å². The summed E-state index contributed by atoms with van der Waals surface area (Å²) in [5.41, 5.74) is 1.77. The predicted octanol–water partition coefficient (Wildman–Crippen LogP) is 2.95. The zero-order valence-corrected chi connectivity index (χ0v) is 14.8. The monoisotopic (exact) mass is 342 g/mol. The van der Waals surface area contributed by atoms with Crippen LogP contribution in [0.5, 0.6) is 0 Å². The Labute approximate surface area is 148 Å². The van der Waals surface area contributed by atoms with Gasteiger partial charge in [-0.1, -0.05) is 26.0 Å². The second kappa shape index (κ2) is 7.27. The van der Waals surface area contributed by atoms with Crippen molar-refractivity contribution < 1.29 is 9.90 Å². The van der Waals surface area contributed by atoms with Crippen molar-refractivity contribution in [2.75, 3.05) is 18.5 Å². The molecule has 0 spiro atoms. The molecule has 1 saturated carbocycles. The number of hydrogen-bond acceptors (Lipinski definition) is 3. The van der Waals surface area contributed by atoms with E-state index in [0.717, 1.165) is 36.5 Å². The lowest BCUT2D eigenvalue weighted by Gasteiger charge is -2.14. The fourth-order valence-electron chi connectivity index (χ4n) is 2.91. The molecule has 0 atom stereocenters. The van der Waals surface area contributed by atoms with Crippen LogP contribution in [-0.2, 0) is 6.54 Å². The average Bonchev–Trinajstić information content (AvgIpc) is 3.23. The van der Waals surface area contributed by atoms with Crippen molar-refractivity contribution in [3.8, 4) is 0 Å². The van der Waals surface area contributed by atoms with Gasteiger partial charge >= 0.3 is 6.03 Å². The van der Waals surface area contributed by atoms with Crippen LogP contribution in [0.4, 0.5) is 10.5 Å². The highest BCUT2D eigenvalue weighted by molar-refractivity contribution is 5.89. The van der Waals surface area contributed by atoms with E-state index in [1.807, 2.05) is 36.7 Å². The Morgan fingerprint density at radius 2 is 2.20 bits per heavy atom. The minimum absolute atomic E-state index is 0.0894. The second-order valence-corrected chi connectivity index (χ2v) is 7.23. The molecule has 1 aliphatic carbocycles. The summed E-state index contributed by atoms with van der Waals surface area (Å²) >= 11 is 0. The third-order valence-corrected chi connectivity index (χ3v) is 4.72. The van der Waals surface area contributed by atoms with E-state index in [4.69, 9.17) is 0 Å². The standard InChI is InChI=1S/C19H26N4O2/c1-14(2)17-20-8-9-23(17)11-15-4-3-5-16(10-15)22-18(25)21-12-19(13-24)6-7-19/h3-5,8-10,14,24H,6-7,11-13H2,1-2H3,(H2,21,22,25). The largest absolute Gasteiger partial charge is 0.396 e. The van der Waals surface area contributed by atoms with E-state index in [1.165, 1.54) is 0 Å². The third kappa shape index (κ3) is 4.39. The highest BCUT2D eigenvalue weighted by Gasteiger charge is 2.42. The minimum Gasteiger partial charge on any atom is -0.396 e. The summed E-state index contributed by atoms with van der Waals surface area (Å²) in [4.78, 5) is 16.5. The first-order valence-corrected chi connectivity index (χ1v) is 8.77. The fourth-order valence-corrected chi connectivity index (χ4v) is 2.91. The van der Waals surface area contributed by atoms with Crippen molar-refractivity contribution in [1.82, 2.24) is 14.9 Å². The molecule has 6 nitrogen and oxygen atoms in total. The summed E-state index contributed by atoms with van der Waals surface area (Å²) in [6.07, 6.45) is 5.75. The molecule has 1 aromatic carbocycles. The van der Waals surface area contributed by atoms with Crippen molar-refractivity contribution >= 4 is 11.7 Å². The van der Waals surface area contributed by atoms with E-state index in [-0.39, 0.29) is 18.1 Å². The normalized spacial score (nSPS) is 15.2. The smallest absolute Gasteiger partial charge is 0.319 e. The van der Waals surface area contributed by atoms with Gasteiger partial charge in [0.15, 0.2) is 0 Å². The highest BCUT2D eigenvalue weighted by Crippen LogP contribution is 2.44. The summed E-state index contributed by atoms with van der Waals surface area (Å²) < 4.78 is 2.13. The Morgan fingerprint density at radius 3 is 2.88 bits per heavy atom. The van der Waals surface area contributed by atoms with Gasteiger partial charge in [0.1, 0.15) is 5.82 Å². The summed E-state index contributed by atoms with van der Waals surface area (Å²) in [6.45, 7) is 5.62. The molecule has 25 heavy (non-hydrogen) atoms. The van der Waals surface area contributed by atoms with Crippen LogP contribution in [0.1, 0.15) is 44.0 Å². The van der Waals surface area contributed by atoms with Crippen LogP contribution in [0, 0.1) is 5.41 Å². The molecule has 3 N–H and O–H groups in total. The lowest BCUT2D eigenvalue weighted by Crippen LogP contribution is -2.35. The molecule has 1 fully saturated rings. The van der Waals surface area contributed by atoms with Gasteiger partial charge in [0.25, 0.3) is 0 Å². The van der Waals surface area contributed by atoms with Gasteiger partial charge in [-0.2, -0.15) is 0 Å². The van der Waals surface area contributed by atoms with Gasteiger partial charge < -0.3 is 20.3 Å². The number of rotatable bonds is 7. The Balaban J connectivity index is 1.59. The van der Waals surface area contributed by atoms with Crippen LogP contribution in [0.15, 0.2) is 36.7 Å². The first-order valence-electron chi connectivity index (χ1n) is 8.77. The highest BCUT2D eigenvalue weighted by atomic mass is 16.3. The Kier molecular flexibility index (Phi) is 5.08. The van der Waals surface area contributed by atoms with Gasteiger partial charge in [0, 0.05) is 42.5 Å². The molecule has 3 rings (SSSR count). The number of anilines is 1. The quantitative estimate of drug-likeness (QED) is 0.724. The van der Waals surface area contributed by atoms with Crippen molar-refractivity contribution in [3.63, 3.8) is 0 Å². The Hall–Kier alpha value is -2.34. The average molecular weight is 342 g/mol. The Morgan fingerprint density at radius 1 is 1.40 bits per heavy atom. The van der Waals surface area contributed by atoms with Crippen LogP contribution in [0.25, 0.3) is 0 Å². The molecule has 0 aliphatic heterocycles. The number of benzene rings is 1.